The van der Waals surface area contributed by atoms with Gasteiger partial charge < -0.3 is 10.2 Å². The molecule has 0 bridgehead atoms. The van der Waals surface area contributed by atoms with Crippen molar-refractivity contribution in [1.82, 2.24) is 9.78 Å². The lowest BCUT2D eigenvalue weighted by molar-refractivity contribution is -0.248. The largest absolute Gasteiger partial charge is 0.508 e. The molecule has 3 aromatic carbocycles. The van der Waals surface area contributed by atoms with Crippen LogP contribution in [0.5, 0.6) is 5.75 Å². The zero-order chi connectivity index (χ0) is 19.9. The number of aliphatic hydroxyl groups is 1. The molecule has 4 aromatic rings. The number of halogens is 3. The third-order valence-corrected chi connectivity index (χ3v) is 4.68. The molecule has 142 valence electrons. The topological polar surface area (TPSA) is 58.3 Å². The van der Waals surface area contributed by atoms with Gasteiger partial charge in [-0.1, -0.05) is 36.4 Å². The van der Waals surface area contributed by atoms with Crippen molar-refractivity contribution < 1.29 is 23.4 Å². The Bertz CT molecular complexity index is 1120. The van der Waals surface area contributed by atoms with Gasteiger partial charge in [-0.25, -0.2) is 4.68 Å². The summed E-state index contributed by atoms with van der Waals surface area (Å²) in [6.07, 6.45) is -3.51. The summed E-state index contributed by atoms with van der Waals surface area (Å²) in [5.74, 6) is -0.187. The van der Waals surface area contributed by atoms with Crippen LogP contribution in [0, 0.1) is 0 Å². The lowest BCUT2D eigenvalue weighted by Gasteiger charge is -2.31. The average Bonchev–Trinajstić information content (AvgIpc) is 3.11. The molecule has 0 aliphatic carbocycles. The predicted octanol–water partition coefficient (Wildman–Crippen LogP) is 4.53. The minimum absolute atomic E-state index is 0.187. The molecule has 4 rings (SSSR count). The molecular weight excluding hydrogens is 369 g/mol. The van der Waals surface area contributed by atoms with E-state index in [0.717, 1.165) is 30.0 Å². The highest BCUT2D eigenvalue weighted by molar-refractivity contribution is 5.81. The molecule has 1 atom stereocenters. The first-order chi connectivity index (χ1) is 13.3. The maximum Gasteiger partial charge on any atom is 0.425 e. The van der Waals surface area contributed by atoms with Gasteiger partial charge >= 0.3 is 6.18 Å². The maximum absolute atomic E-state index is 13.9. The fourth-order valence-corrected chi connectivity index (χ4v) is 3.23. The lowest BCUT2D eigenvalue weighted by atomic mass is 9.85. The summed E-state index contributed by atoms with van der Waals surface area (Å²) >= 11 is 0. The fourth-order valence-electron chi connectivity index (χ4n) is 3.23. The number of hydrogen-bond donors (Lipinski definition) is 2. The number of phenols is 1. The Balaban J connectivity index is 1.87. The summed E-state index contributed by atoms with van der Waals surface area (Å²) < 4.78 is 43.4. The Labute approximate surface area is 158 Å². The number of fused-ring (bicyclic) bond motifs is 1. The highest BCUT2D eigenvalue weighted by atomic mass is 19.4. The van der Waals surface area contributed by atoms with Crippen LogP contribution >= 0.6 is 0 Å². The van der Waals surface area contributed by atoms with Gasteiger partial charge in [0.05, 0.1) is 17.4 Å². The number of aromatic nitrogens is 2. The molecule has 0 spiro atoms. The average molecular weight is 384 g/mol. The van der Waals surface area contributed by atoms with Crippen molar-refractivity contribution in [3.63, 3.8) is 0 Å². The van der Waals surface area contributed by atoms with Crippen LogP contribution < -0.4 is 0 Å². The van der Waals surface area contributed by atoms with E-state index < -0.39 is 11.8 Å². The van der Waals surface area contributed by atoms with Gasteiger partial charge in [0.15, 0.2) is 0 Å². The molecule has 0 saturated carbocycles. The monoisotopic (exact) mass is 384 g/mol. The molecule has 0 aliphatic heterocycles. The highest BCUT2D eigenvalue weighted by Gasteiger charge is 2.56. The molecule has 0 fully saturated rings. The summed E-state index contributed by atoms with van der Waals surface area (Å²) in [5, 5.41) is 24.8. The molecule has 1 heterocycles. The fraction of sp³-hybridized carbons (Fsp3) is 0.0952. The first kappa shape index (κ1) is 18.1. The van der Waals surface area contributed by atoms with Crippen LogP contribution in [-0.2, 0) is 5.60 Å². The van der Waals surface area contributed by atoms with E-state index >= 15 is 0 Å². The van der Waals surface area contributed by atoms with E-state index in [-0.39, 0.29) is 16.9 Å². The van der Waals surface area contributed by atoms with Crippen LogP contribution in [0.4, 0.5) is 13.2 Å². The zero-order valence-corrected chi connectivity index (χ0v) is 14.4. The molecule has 7 heteroatoms. The van der Waals surface area contributed by atoms with E-state index in [1.807, 2.05) is 30.3 Å². The van der Waals surface area contributed by atoms with Gasteiger partial charge in [0.2, 0.25) is 5.60 Å². The minimum Gasteiger partial charge on any atom is -0.508 e. The molecule has 0 amide bonds. The number of alkyl halides is 3. The SMILES string of the molecule is Oc1ccc(C(O)(c2ccc3c(cnn3-c3ccccc3)c2)C(F)(F)F)cc1. The van der Waals surface area contributed by atoms with Gasteiger partial charge in [0.1, 0.15) is 5.75 Å². The van der Waals surface area contributed by atoms with E-state index in [4.69, 9.17) is 0 Å². The van der Waals surface area contributed by atoms with Crippen molar-refractivity contribution in [3.05, 3.63) is 90.1 Å². The summed E-state index contributed by atoms with van der Waals surface area (Å²) in [5.41, 5.74) is -2.54. The number of nitrogens with zero attached hydrogens (tertiary/aromatic N) is 2. The van der Waals surface area contributed by atoms with Gasteiger partial charge in [-0.15, -0.1) is 0 Å². The highest BCUT2D eigenvalue weighted by Crippen LogP contribution is 2.45. The first-order valence-corrected chi connectivity index (χ1v) is 8.43. The Hall–Kier alpha value is -3.32. The van der Waals surface area contributed by atoms with E-state index in [2.05, 4.69) is 5.10 Å². The van der Waals surface area contributed by atoms with E-state index in [1.165, 1.54) is 24.4 Å². The summed E-state index contributed by atoms with van der Waals surface area (Å²) in [6, 6.07) is 17.6. The maximum atomic E-state index is 13.9. The van der Waals surface area contributed by atoms with Crippen molar-refractivity contribution in [1.29, 1.82) is 0 Å². The summed E-state index contributed by atoms with van der Waals surface area (Å²) in [6.45, 7) is 0. The Kier molecular flexibility index (Phi) is 4.12. The van der Waals surface area contributed by atoms with Crippen LogP contribution in [0.25, 0.3) is 16.6 Å². The number of phenolic OH excluding ortho intramolecular Hbond substituents is 1. The van der Waals surface area contributed by atoms with Crippen LogP contribution in [0.2, 0.25) is 0 Å². The summed E-state index contributed by atoms with van der Waals surface area (Å²) in [4.78, 5) is 0. The lowest BCUT2D eigenvalue weighted by Crippen LogP contribution is -2.43. The van der Waals surface area contributed by atoms with Crippen LogP contribution in [0.3, 0.4) is 0 Å². The van der Waals surface area contributed by atoms with Crippen molar-refractivity contribution in [2.45, 2.75) is 11.8 Å². The van der Waals surface area contributed by atoms with Gasteiger partial charge in [-0.3, -0.25) is 0 Å². The molecule has 0 aliphatic rings. The predicted molar refractivity (Wildman–Crippen MR) is 98.2 cm³/mol. The number of benzene rings is 3. The second-order valence-corrected chi connectivity index (χ2v) is 6.42. The molecule has 0 radical (unpaired) electrons. The van der Waals surface area contributed by atoms with Crippen molar-refractivity contribution in [2.24, 2.45) is 0 Å². The van der Waals surface area contributed by atoms with Crippen molar-refractivity contribution in [2.75, 3.05) is 0 Å². The molecule has 28 heavy (non-hydrogen) atoms. The van der Waals surface area contributed by atoms with Crippen LogP contribution in [0.15, 0.2) is 79.0 Å². The van der Waals surface area contributed by atoms with E-state index in [1.54, 1.807) is 4.68 Å². The normalized spacial score (nSPS) is 14.1. The molecule has 0 saturated heterocycles. The first-order valence-electron chi connectivity index (χ1n) is 8.43. The molecule has 1 unspecified atom stereocenters. The number of aromatic hydroxyl groups is 1. The molecule has 4 nitrogen and oxygen atoms in total. The Morgan fingerprint density at radius 1 is 0.821 bits per heavy atom. The minimum atomic E-state index is -4.97. The van der Waals surface area contributed by atoms with Crippen LogP contribution in [-0.4, -0.2) is 26.2 Å². The number of rotatable bonds is 3. The second-order valence-electron chi connectivity index (χ2n) is 6.42. The van der Waals surface area contributed by atoms with Gasteiger partial charge in [0.25, 0.3) is 0 Å². The van der Waals surface area contributed by atoms with Crippen LogP contribution in [0.1, 0.15) is 11.1 Å². The third-order valence-electron chi connectivity index (χ3n) is 4.68. The molecule has 2 N–H and O–H groups in total. The van der Waals surface area contributed by atoms with Crippen molar-refractivity contribution in [3.8, 4) is 11.4 Å². The quantitative estimate of drug-likeness (QED) is 0.546. The van der Waals surface area contributed by atoms with E-state index in [9.17, 15) is 23.4 Å². The van der Waals surface area contributed by atoms with Gasteiger partial charge in [0, 0.05) is 5.39 Å². The Morgan fingerprint density at radius 3 is 2.11 bits per heavy atom. The van der Waals surface area contributed by atoms with E-state index in [0.29, 0.717) is 10.9 Å². The third kappa shape index (κ3) is 2.80. The van der Waals surface area contributed by atoms with Gasteiger partial charge in [-0.2, -0.15) is 18.3 Å². The Morgan fingerprint density at radius 2 is 1.46 bits per heavy atom. The standard InChI is InChI=1S/C21H15F3N2O2/c22-21(23,24)20(28,15-6-9-18(27)10-7-15)16-8-11-19-14(12-16)13-25-26(19)17-4-2-1-3-5-17/h1-13,27-28H. The number of hydrogen-bond acceptors (Lipinski definition) is 3. The summed E-state index contributed by atoms with van der Waals surface area (Å²) in [7, 11) is 0. The van der Waals surface area contributed by atoms with Crippen molar-refractivity contribution >= 4 is 10.9 Å². The van der Waals surface area contributed by atoms with Gasteiger partial charge in [-0.05, 0) is 47.5 Å². The zero-order valence-electron chi connectivity index (χ0n) is 14.4. The smallest absolute Gasteiger partial charge is 0.425 e. The second kappa shape index (κ2) is 6.38. The molecular formula is C21H15F3N2O2. The number of para-hydroxylation sites is 1. The molecule has 1 aromatic heterocycles.